The molecule has 2 aromatic rings. The molecule has 0 aliphatic heterocycles. The molecule has 18 heavy (non-hydrogen) atoms. The molecular weight excluding hydrogens is 294 g/mol. The molecule has 0 saturated carbocycles. The first-order valence-corrected chi connectivity index (χ1v) is 6.42. The van der Waals surface area contributed by atoms with Crippen molar-refractivity contribution in [3.63, 3.8) is 0 Å². The Labute approximate surface area is 114 Å². The average Bonchev–Trinajstić information content (AvgIpc) is 2.69. The molecular formula is C13H14BrN3O. The molecule has 5 heteroatoms. The van der Waals surface area contributed by atoms with Gasteiger partial charge in [0.05, 0.1) is 10.5 Å². The van der Waals surface area contributed by atoms with E-state index in [4.69, 9.17) is 0 Å². The van der Waals surface area contributed by atoms with Gasteiger partial charge in [-0.15, -0.1) is 0 Å². The number of nitrogens with one attached hydrogen (secondary N) is 1. The van der Waals surface area contributed by atoms with Crippen molar-refractivity contribution in [2.75, 3.05) is 0 Å². The molecule has 1 N–H and O–H groups in total. The van der Waals surface area contributed by atoms with Crippen molar-refractivity contribution in [2.45, 2.75) is 13.0 Å². The lowest BCUT2D eigenvalue weighted by atomic mass is 10.1. The summed E-state index contributed by atoms with van der Waals surface area (Å²) >= 11 is 3.32. The molecule has 1 unspecified atom stereocenters. The number of aromatic nitrogens is 2. The van der Waals surface area contributed by atoms with Gasteiger partial charge in [-0.25, -0.2) is 0 Å². The number of benzene rings is 1. The largest absolute Gasteiger partial charge is 0.344 e. The second-order valence-corrected chi connectivity index (χ2v) is 4.96. The molecule has 0 aliphatic rings. The van der Waals surface area contributed by atoms with Gasteiger partial charge >= 0.3 is 0 Å². The molecule has 0 aliphatic carbocycles. The number of hydrogen-bond acceptors (Lipinski definition) is 2. The Kier molecular flexibility index (Phi) is 3.81. The summed E-state index contributed by atoms with van der Waals surface area (Å²) in [7, 11) is 1.78. The van der Waals surface area contributed by atoms with Crippen LogP contribution in [0.3, 0.4) is 0 Å². The summed E-state index contributed by atoms with van der Waals surface area (Å²) in [5.74, 6) is -0.182. The van der Waals surface area contributed by atoms with Gasteiger partial charge in [0.1, 0.15) is 0 Å². The standard InChI is InChI=1S/C13H14BrN3O/c1-9(10-6-4-3-5-7-10)15-13(18)12-11(14)8-17(2)16-12/h3-9H,1-2H3,(H,15,18). The Morgan fingerprint density at radius 3 is 2.61 bits per heavy atom. The highest BCUT2D eigenvalue weighted by Crippen LogP contribution is 2.16. The first-order valence-electron chi connectivity index (χ1n) is 5.63. The Balaban J connectivity index is 2.10. The molecule has 0 bridgehead atoms. The normalized spacial score (nSPS) is 12.2. The van der Waals surface area contributed by atoms with Crippen molar-refractivity contribution in [2.24, 2.45) is 7.05 Å². The average molecular weight is 308 g/mol. The van der Waals surface area contributed by atoms with Crippen LogP contribution in [0.2, 0.25) is 0 Å². The number of carbonyl (C=O) groups excluding carboxylic acids is 1. The highest BCUT2D eigenvalue weighted by Gasteiger charge is 2.16. The van der Waals surface area contributed by atoms with Gasteiger partial charge < -0.3 is 5.32 Å². The van der Waals surface area contributed by atoms with E-state index < -0.39 is 0 Å². The van der Waals surface area contributed by atoms with E-state index in [1.165, 1.54) is 0 Å². The van der Waals surface area contributed by atoms with E-state index in [2.05, 4.69) is 26.3 Å². The third-order valence-corrected chi connectivity index (χ3v) is 3.23. The fourth-order valence-corrected chi connectivity index (χ4v) is 2.26. The molecule has 0 radical (unpaired) electrons. The van der Waals surface area contributed by atoms with Crippen LogP contribution in [-0.2, 0) is 7.05 Å². The van der Waals surface area contributed by atoms with Gasteiger partial charge in [-0.2, -0.15) is 5.10 Å². The Bertz CT molecular complexity index is 551. The molecule has 1 heterocycles. The molecule has 0 saturated heterocycles. The molecule has 1 amide bonds. The minimum absolute atomic E-state index is 0.0485. The maximum Gasteiger partial charge on any atom is 0.273 e. The molecule has 1 atom stereocenters. The van der Waals surface area contributed by atoms with E-state index in [0.717, 1.165) is 5.56 Å². The minimum atomic E-state index is -0.182. The van der Waals surface area contributed by atoms with E-state index in [1.54, 1.807) is 17.9 Å². The van der Waals surface area contributed by atoms with Crippen LogP contribution in [0, 0.1) is 0 Å². The predicted octanol–water partition coefficient (Wildman–Crippen LogP) is 2.67. The lowest BCUT2D eigenvalue weighted by molar-refractivity contribution is 0.0933. The zero-order chi connectivity index (χ0) is 13.1. The molecule has 2 rings (SSSR count). The van der Waals surface area contributed by atoms with Crippen LogP contribution in [0.5, 0.6) is 0 Å². The van der Waals surface area contributed by atoms with Crippen LogP contribution in [0.1, 0.15) is 29.0 Å². The summed E-state index contributed by atoms with van der Waals surface area (Å²) in [5, 5.41) is 7.04. The Morgan fingerprint density at radius 1 is 1.39 bits per heavy atom. The summed E-state index contributed by atoms with van der Waals surface area (Å²) < 4.78 is 2.30. The van der Waals surface area contributed by atoms with Crippen molar-refractivity contribution in [3.8, 4) is 0 Å². The quantitative estimate of drug-likeness (QED) is 0.947. The highest BCUT2D eigenvalue weighted by molar-refractivity contribution is 9.10. The Hall–Kier alpha value is -1.62. The predicted molar refractivity (Wildman–Crippen MR) is 73.2 cm³/mol. The van der Waals surface area contributed by atoms with Gasteiger partial charge in [0.25, 0.3) is 5.91 Å². The number of nitrogens with zero attached hydrogens (tertiary/aromatic N) is 2. The molecule has 1 aromatic carbocycles. The molecule has 0 spiro atoms. The van der Waals surface area contributed by atoms with E-state index in [0.29, 0.717) is 10.2 Å². The van der Waals surface area contributed by atoms with Gasteiger partial charge in [0.15, 0.2) is 5.69 Å². The Morgan fingerprint density at radius 2 is 2.06 bits per heavy atom. The first-order chi connectivity index (χ1) is 8.58. The number of halogens is 1. The lowest BCUT2D eigenvalue weighted by Crippen LogP contribution is -2.27. The molecule has 0 fully saturated rings. The monoisotopic (exact) mass is 307 g/mol. The van der Waals surface area contributed by atoms with Crippen molar-refractivity contribution in [3.05, 3.63) is 52.3 Å². The van der Waals surface area contributed by atoms with Gasteiger partial charge in [-0.05, 0) is 28.4 Å². The number of aryl methyl sites for hydroxylation is 1. The van der Waals surface area contributed by atoms with E-state index in [-0.39, 0.29) is 11.9 Å². The van der Waals surface area contributed by atoms with Gasteiger partial charge in [-0.3, -0.25) is 9.48 Å². The maximum atomic E-state index is 12.0. The summed E-state index contributed by atoms with van der Waals surface area (Å²) in [6.45, 7) is 1.95. The third-order valence-electron chi connectivity index (χ3n) is 2.65. The maximum absolute atomic E-state index is 12.0. The van der Waals surface area contributed by atoms with Crippen LogP contribution in [-0.4, -0.2) is 15.7 Å². The zero-order valence-corrected chi connectivity index (χ0v) is 11.8. The van der Waals surface area contributed by atoms with Crippen molar-refractivity contribution in [1.29, 1.82) is 0 Å². The zero-order valence-electron chi connectivity index (χ0n) is 10.2. The van der Waals surface area contributed by atoms with E-state index in [9.17, 15) is 4.79 Å². The highest BCUT2D eigenvalue weighted by atomic mass is 79.9. The SMILES string of the molecule is CC(NC(=O)c1nn(C)cc1Br)c1ccccc1. The number of carbonyl (C=O) groups is 1. The van der Waals surface area contributed by atoms with Crippen LogP contribution >= 0.6 is 15.9 Å². The van der Waals surface area contributed by atoms with Crippen molar-refractivity contribution >= 4 is 21.8 Å². The fraction of sp³-hybridized carbons (Fsp3) is 0.231. The van der Waals surface area contributed by atoms with Crippen LogP contribution < -0.4 is 5.32 Å². The van der Waals surface area contributed by atoms with Gasteiger partial charge in [0.2, 0.25) is 0 Å². The summed E-state index contributed by atoms with van der Waals surface area (Å²) in [5.41, 5.74) is 1.47. The fourth-order valence-electron chi connectivity index (χ4n) is 1.70. The summed E-state index contributed by atoms with van der Waals surface area (Å²) in [6, 6.07) is 9.78. The third kappa shape index (κ3) is 2.79. The molecule has 4 nitrogen and oxygen atoms in total. The number of amides is 1. The van der Waals surface area contributed by atoms with Crippen LogP contribution in [0.4, 0.5) is 0 Å². The summed E-state index contributed by atoms with van der Waals surface area (Å²) in [4.78, 5) is 12.0. The first kappa shape index (κ1) is 12.8. The minimum Gasteiger partial charge on any atom is -0.344 e. The van der Waals surface area contributed by atoms with Gasteiger partial charge in [-0.1, -0.05) is 30.3 Å². The van der Waals surface area contributed by atoms with Crippen molar-refractivity contribution in [1.82, 2.24) is 15.1 Å². The second kappa shape index (κ2) is 5.35. The number of rotatable bonds is 3. The van der Waals surface area contributed by atoms with E-state index >= 15 is 0 Å². The van der Waals surface area contributed by atoms with Crippen molar-refractivity contribution < 1.29 is 4.79 Å². The van der Waals surface area contributed by atoms with Crippen LogP contribution in [0.15, 0.2) is 41.0 Å². The number of hydrogen-bond donors (Lipinski definition) is 1. The second-order valence-electron chi connectivity index (χ2n) is 4.11. The molecule has 1 aromatic heterocycles. The smallest absolute Gasteiger partial charge is 0.273 e. The van der Waals surface area contributed by atoms with Gasteiger partial charge in [0, 0.05) is 13.2 Å². The van der Waals surface area contributed by atoms with E-state index in [1.807, 2.05) is 37.3 Å². The van der Waals surface area contributed by atoms with Crippen LogP contribution in [0.25, 0.3) is 0 Å². The topological polar surface area (TPSA) is 46.9 Å². The summed E-state index contributed by atoms with van der Waals surface area (Å²) in [6.07, 6.45) is 1.75. The molecule has 94 valence electrons. The lowest BCUT2D eigenvalue weighted by Gasteiger charge is -2.13.